The lowest BCUT2D eigenvalue weighted by molar-refractivity contribution is 0.156. The van der Waals surface area contributed by atoms with Gasteiger partial charge in [-0.25, -0.2) is 0 Å². The number of benzene rings is 1. The minimum atomic E-state index is 0. The SMILES string of the molecule is CN=C(NCCc1ccccc1OC)N1CCC2(CCOC2)C1.I. The van der Waals surface area contributed by atoms with Crippen LogP contribution in [0.5, 0.6) is 5.75 Å². The van der Waals surface area contributed by atoms with E-state index in [2.05, 4.69) is 27.3 Å². The van der Waals surface area contributed by atoms with Gasteiger partial charge in [-0.1, -0.05) is 18.2 Å². The van der Waals surface area contributed by atoms with Gasteiger partial charge in [-0.05, 0) is 30.9 Å². The zero-order chi connectivity index (χ0) is 16.1. The van der Waals surface area contributed by atoms with Crippen LogP contribution in [0.4, 0.5) is 0 Å². The van der Waals surface area contributed by atoms with Crippen LogP contribution in [-0.4, -0.2) is 57.9 Å². The van der Waals surface area contributed by atoms with Crippen molar-refractivity contribution in [3.63, 3.8) is 0 Å². The molecule has 0 aromatic heterocycles. The number of aliphatic imine (C=N–C) groups is 1. The molecule has 1 unspecified atom stereocenters. The first-order valence-corrected chi connectivity index (χ1v) is 8.42. The van der Waals surface area contributed by atoms with Crippen LogP contribution in [0.25, 0.3) is 0 Å². The van der Waals surface area contributed by atoms with Crippen molar-refractivity contribution in [1.82, 2.24) is 10.2 Å². The molecule has 0 saturated carbocycles. The Morgan fingerprint density at radius 3 is 2.92 bits per heavy atom. The van der Waals surface area contributed by atoms with Gasteiger partial charge < -0.3 is 19.7 Å². The first-order valence-electron chi connectivity index (χ1n) is 8.42. The summed E-state index contributed by atoms with van der Waals surface area (Å²) in [6.45, 7) is 4.79. The van der Waals surface area contributed by atoms with Gasteiger partial charge in [-0.3, -0.25) is 4.99 Å². The second kappa shape index (κ2) is 8.89. The van der Waals surface area contributed by atoms with Gasteiger partial charge in [0.05, 0.1) is 13.7 Å². The third kappa shape index (κ3) is 4.33. The van der Waals surface area contributed by atoms with Crippen LogP contribution in [0.3, 0.4) is 0 Å². The van der Waals surface area contributed by atoms with E-state index in [1.165, 1.54) is 18.4 Å². The second-order valence-corrected chi connectivity index (χ2v) is 6.51. The first-order chi connectivity index (χ1) is 11.3. The topological polar surface area (TPSA) is 46.1 Å². The summed E-state index contributed by atoms with van der Waals surface area (Å²) in [5, 5.41) is 3.50. The van der Waals surface area contributed by atoms with E-state index in [-0.39, 0.29) is 24.0 Å². The van der Waals surface area contributed by atoms with Crippen LogP contribution in [0.2, 0.25) is 0 Å². The van der Waals surface area contributed by atoms with E-state index < -0.39 is 0 Å². The number of para-hydroxylation sites is 1. The fourth-order valence-electron chi connectivity index (χ4n) is 3.64. The Bertz CT molecular complexity index is 559. The van der Waals surface area contributed by atoms with Crippen molar-refractivity contribution in [2.24, 2.45) is 10.4 Å². The first kappa shape index (κ1) is 19.3. The summed E-state index contributed by atoms with van der Waals surface area (Å²) in [5.74, 6) is 1.95. The molecule has 1 atom stereocenters. The molecule has 1 aromatic rings. The Kier molecular flexibility index (Phi) is 7.16. The van der Waals surface area contributed by atoms with Crippen LogP contribution < -0.4 is 10.1 Å². The Balaban J connectivity index is 0.00000208. The van der Waals surface area contributed by atoms with Crippen LogP contribution in [0, 0.1) is 5.41 Å². The summed E-state index contributed by atoms with van der Waals surface area (Å²) in [6, 6.07) is 8.18. The van der Waals surface area contributed by atoms with E-state index in [0.29, 0.717) is 5.41 Å². The highest BCUT2D eigenvalue weighted by Gasteiger charge is 2.42. The molecule has 1 N–H and O–H groups in total. The summed E-state index contributed by atoms with van der Waals surface area (Å²) < 4.78 is 11.0. The van der Waals surface area contributed by atoms with Gasteiger partial charge in [-0.2, -0.15) is 0 Å². The van der Waals surface area contributed by atoms with Crippen LogP contribution in [0.1, 0.15) is 18.4 Å². The van der Waals surface area contributed by atoms with Crippen LogP contribution in [-0.2, 0) is 11.2 Å². The highest BCUT2D eigenvalue weighted by atomic mass is 127. The van der Waals surface area contributed by atoms with E-state index in [9.17, 15) is 0 Å². The van der Waals surface area contributed by atoms with E-state index in [0.717, 1.165) is 51.0 Å². The summed E-state index contributed by atoms with van der Waals surface area (Å²) in [5.41, 5.74) is 1.58. The molecule has 2 aliphatic rings. The molecular formula is C18H28IN3O2. The van der Waals surface area contributed by atoms with E-state index in [1.54, 1.807) is 7.11 Å². The number of guanidine groups is 1. The second-order valence-electron chi connectivity index (χ2n) is 6.51. The maximum atomic E-state index is 5.61. The molecule has 3 rings (SSSR count). The molecule has 0 bridgehead atoms. The summed E-state index contributed by atoms with van der Waals surface area (Å²) in [6.07, 6.45) is 3.31. The lowest BCUT2D eigenvalue weighted by atomic mass is 9.87. The molecule has 0 radical (unpaired) electrons. The van der Waals surface area contributed by atoms with Crippen molar-refractivity contribution >= 4 is 29.9 Å². The standard InChI is InChI=1S/C18H27N3O2.HI/c1-19-17(21-11-8-18(13-21)9-12-23-14-18)20-10-7-15-5-3-4-6-16(15)22-2;/h3-6H,7-14H2,1-2H3,(H,19,20);1H. The summed E-state index contributed by atoms with van der Waals surface area (Å²) >= 11 is 0. The van der Waals surface area contributed by atoms with Gasteiger partial charge in [0.2, 0.25) is 0 Å². The van der Waals surface area contributed by atoms with Crippen molar-refractivity contribution in [2.75, 3.05) is 47.0 Å². The Morgan fingerprint density at radius 1 is 1.38 bits per heavy atom. The zero-order valence-corrected chi connectivity index (χ0v) is 16.9. The minimum absolute atomic E-state index is 0. The monoisotopic (exact) mass is 445 g/mol. The molecule has 2 heterocycles. The number of ether oxygens (including phenoxy) is 2. The smallest absolute Gasteiger partial charge is 0.193 e. The van der Waals surface area contributed by atoms with Crippen molar-refractivity contribution in [1.29, 1.82) is 0 Å². The van der Waals surface area contributed by atoms with Crippen molar-refractivity contribution in [3.8, 4) is 5.75 Å². The number of hydrogen-bond donors (Lipinski definition) is 1. The van der Waals surface area contributed by atoms with Crippen molar-refractivity contribution in [3.05, 3.63) is 29.8 Å². The number of rotatable bonds is 4. The maximum absolute atomic E-state index is 5.61. The molecule has 24 heavy (non-hydrogen) atoms. The number of likely N-dealkylation sites (tertiary alicyclic amines) is 1. The third-order valence-electron chi connectivity index (χ3n) is 5.00. The molecule has 2 saturated heterocycles. The highest BCUT2D eigenvalue weighted by molar-refractivity contribution is 14.0. The van der Waals surface area contributed by atoms with E-state index in [1.807, 2.05) is 19.2 Å². The predicted octanol–water partition coefficient (Wildman–Crippen LogP) is 2.54. The van der Waals surface area contributed by atoms with Gasteiger partial charge in [0.15, 0.2) is 5.96 Å². The van der Waals surface area contributed by atoms with Crippen molar-refractivity contribution < 1.29 is 9.47 Å². The quantitative estimate of drug-likeness (QED) is 0.440. The van der Waals surface area contributed by atoms with Gasteiger partial charge in [0.25, 0.3) is 0 Å². The van der Waals surface area contributed by atoms with Gasteiger partial charge in [-0.15, -0.1) is 24.0 Å². The Morgan fingerprint density at radius 2 is 2.21 bits per heavy atom. The lowest BCUT2D eigenvalue weighted by Crippen LogP contribution is -2.42. The molecule has 2 aliphatic heterocycles. The molecule has 2 fully saturated rings. The molecule has 1 spiro atoms. The molecule has 134 valence electrons. The van der Waals surface area contributed by atoms with Gasteiger partial charge >= 0.3 is 0 Å². The number of nitrogens with one attached hydrogen (secondary N) is 1. The third-order valence-corrected chi connectivity index (χ3v) is 5.00. The van der Waals surface area contributed by atoms with Crippen molar-refractivity contribution in [2.45, 2.75) is 19.3 Å². The molecule has 5 nitrogen and oxygen atoms in total. The molecule has 0 aliphatic carbocycles. The fraction of sp³-hybridized carbons (Fsp3) is 0.611. The largest absolute Gasteiger partial charge is 0.496 e. The average molecular weight is 445 g/mol. The number of hydrogen-bond acceptors (Lipinski definition) is 3. The molecule has 1 aromatic carbocycles. The minimum Gasteiger partial charge on any atom is -0.496 e. The fourth-order valence-corrected chi connectivity index (χ4v) is 3.64. The van der Waals surface area contributed by atoms with Crippen LogP contribution in [0.15, 0.2) is 29.3 Å². The number of nitrogens with zero attached hydrogens (tertiary/aromatic N) is 2. The highest BCUT2D eigenvalue weighted by Crippen LogP contribution is 2.38. The normalized spacial score (nSPS) is 23.4. The zero-order valence-electron chi connectivity index (χ0n) is 14.6. The molecule has 6 heteroatoms. The van der Waals surface area contributed by atoms with Gasteiger partial charge in [0.1, 0.15) is 5.75 Å². The van der Waals surface area contributed by atoms with E-state index in [4.69, 9.17) is 9.47 Å². The summed E-state index contributed by atoms with van der Waals surface area (Å²) in [7, 11) is 3.58. The van der Waals surface area contributed by atoms with E-state index >= 15 is 0 Å². The predicted molar refractivity (Wildman–Crippen MR) is 108 cm³/mol. The molecular weight excluding hydrogens is 417 g/mol. The van der Waals surface area contributed by atoms with Crippen LogP contribution >= 0.6 is 24.0 Å². The van der Waals surface area contributed by atoms with Gasteiger partial charge in [0, 0.05) is 38.7 Å². The Labute approximate surface area is 161 Å². The Hall–Kier alpha value is -1.02. The number of halogens is 1. The molecule has 0 amide bonds. The lowest BCUT2D eigenvalue weighted by Gasteiger charge is -2.25. The number of methoxy groups -OCH3 is 1. The average Bonchev–Trinajstić information content (AvgIpc) is 3.22. The maximum Gasteiger partial charge on any atom is 0.193 e. The summed E-state index contributed by atoms with van der Waals surface area (Å²) in [4.78, 5) is 6.83.